The number of anilines is 1. The molecule has 0 aliphatic rings. The zero-order chi connectivity index (χ0) is 18.4. The van der Waals surface area contributed by atoms with Crippen molar-refractivity contribution in [3.63, 3.8) is 0 Å². The van der Waals surface area contributed by atoms with Gasteiger partial charge in [-0.2, -0.15) is 0 Å². The van der Waals surface area contributed by atoms with Gasteiger partial charge in [-0.15, -0.1) is 23.2 Å². The van der Waals surface area contributed by atoms with Crippen LogP contribution in [-0.4, -0.2) is 53.0 Å². The van der Waals surface area contributed by atoms with Gasteiger partial charge in [0.15, 0.2) is 0 Å². The van der Waals surface area contributed by atoms with E-state index in [0.29, 0.717) is 37.9 Å². The molecule has 0 radical (unpaired) electrons. The summed E-state index contributed by atoms with van der Waals surface area (Å²) >= 11 is 11.8. The molecule has 0 bridgehead atoms. The fourth-order valence-corrected chi connectivity index (χ4v) is 3.13. The number of benzene rings is 1. The minimum atomic E-state index is -0.723. The molecule has 0 unspecified atom stereocenters. The highest BCUT2D eigenvalue weighted by molar-refractivity contribution is 6.18. The van der Waals surface area contributed by atoms with Crippen LogP contribution in [0.3, 0.4) is 0 Å². The lowest BCUT2D eigenvalue weighted by atomic mass is 10.2. The van der Waals surface area contributed by atoms with Gasteiger partial charge in [-0.3, -0.25) is 4.79 Å². The highest BCUT2D eigenvalue weighted by Crippen LogP contribution is 2.23. The third kappa shape index (κ3) is 4.77. The molecule has 0 saturated heterocycles. The molecule has 8 heteroatoms. The Balaban J connectivity index is 2.27. The monoisotopic (exact) mass is 386 g/mol. The Kier molecular flexibility index (Phi) is 7.35. The molecule has 25 heavy (non-hydrogen) atoms. The summed E-state index contributed by atoms with van der Waals surface area (Å²) in [6, 6.07) is 5.32. The lowest BCUT2D eigenvalue weighted by Gasteiger charge is -2.22. The van der Waals surface area contributed by atoms with Crippen LogP contribution < -0.4 is 10.6 Å². The second kappa shape index (κ2) is 9.27. The second-order valence-corrected chi connectivity index (χ2v) is 6.44. The number of hydrogen-bond acceptors (Lipinski definition) is 5. The third-order valence-corrected chi connectivity index (χ3v) is 4.36. The predicted octanol–water partition coefficient (Wildman–Crippen LogP) is 2.29. The van der Waals surface area contributed by atoms with Crippen molar-refractivity contribution in [2.45, 2.75) is 19.4 Å². The minimum Gasteiger partial charge on any atom is -0.465 e. The van der Waals surface area contributed by atoms with E-state index in [2.05, 4.69) is 9.88 Å². The highest BCUT2D eigenvalue weighted by atomic mass is 35.5. The largest absolute Gasteiger partial charge is 0.465 e. The van der Waals surface area contributed by atoms with Crippen LogP contribution in [0.15, 0.2) is 18.2 Å². The highest BCUT2D eigenvalue weighted by Gasteiger charge is 2.19. The van der Waals surface area contributed by atoms with E-state index in [9.17, 15) is 4.79 Å². The number of ether oxygens (including phenoxy) is 1. The molecule has 0 fully saturated rings. The normalized spacial score (nSPS) is 12.4. The van der Waals surface area contributed by atoms with Gasteiger partial charge < -0.3 is 19.9 Å². The molecule has 1 atom stereocenters. The van der Waals surface area contributed by atoms with Crippen LogP contribution in [0.1, 0.15) is 12.7 Å². The average molecular weight is 387 g/mol. The average Bonchev–Trinajstić information content (AvgIpc) is 2.90. The first-order valence-corrected chi connectivity index (χ1v) is 9.33. The zero-order valence-corrected chi connectivity index (χ0v) is 16.1. The molecular weight excluding hydrogens is 363 g/mol. The first-order chi connectivity index (χ1) is 12.0. The summed E-state index contributed by atoms with van der Waals surface area (Å²) in [7, 11) is 1.91. The Morgan fingerprint density at radius 3 is 2.64 bits per heavy atom. The molecular formula is C17H24Cl2N4O2. The van der Waals surface area contributed by atoms with E-state index in [4.69, 9.17) is 33.7 Å². The number of esters is 1. The number of hydrogen-bond donors (Lipinski definition) is 1. The van der Waals surface area contributed by atoms with E-state index in [1.807, 2.05) is 29.8 Å². The van der Waals surface area contributed by atoms with Crippen molar-refractivity contribution in [3.8, 4) is 0 Å². The lowest BCUT2D eigenvalue weighted by Crippen LogP contribution is -2.35. The summed E-state index contributed by atoms with van der Waals surface area (Å²) in [5.41, 5.74) is 8.76. The van der Waals surface area contributed by atoms with Gasteiger partial charge in [-0.05, 0) is 25.1 Å². The van der Waals surface area contributed by atoms with Crippen LogP contribution in [0, 0.1) is 0 Å². The maximum absolute atomic E-state index is 11.7. The predicted molar refractivity (Wildman–Crippen MR) is 103 cm³/mol. The number of nitrogens with two attached hydrogens (primary N) is 1. The molecule has 0 aliphatic carbocycles. The third-order valence-electron chi connectivity index (χ3n) is 4.02. The van der Waals surface area contributed by atoms with Crippen LogP contribution in [0.2, 0.25) is 0 Å². The summed E-state index contributed by atoms with van der Waals surface area (Å²) in [4.78, 5) is 18.5. The van der Waals surface area contributed by atoms with Gasteiger partial charge in [0, 0.05) is 44.0 Å². The van der Waals surface area contributed by atoms with E-state index in [0.717, 1.165) is 22.5 Å². The van der Waals surface area contributed by atoms with Crippen molar-refractivity contribution in [3.05, 3.63) is 24.0 Å². The summed E-state index contributed by atoms with van der Waals surface area (Å²) in [6.07, 6.45) is 0.326. The molecule has 0 spiro atoms. The molecule has 1 heterocycles. The number of halogens is 2. The first-order valence-electron chi connectivity index (χ1n) is 8.26. The van der Waals surface area contributed by atoms with Crippen LogP contribution in [0.4, 0.5) is 5.69 Å². The fraction of sp³-hybridized carbons (Fsp3) is 0.529. The number of alkyl halides is 2. The number of fused-ring (bicyclic) bond motifs is 1. The van der Waals surface area contributed by atoms with Gasteiger partial charge in [0.2, 0.25) is 0 Å². The smallest absolute Gasteiger partial charge is 0.323 e. The van der Waals surface area contributed by atoms with Crippen molar-refractivity contribution >= 4 is 45.9 Å². The number of nitrogens with zero attached hydrogens (tertiary/aromatic N) is 3. The standard InChI is InChI=1S/C17H24Cl2N4O2/c1-3-25-17(24)13(20)11-16-21-14-10-12(4-5-15(14)22(16)2)23(8-6-18)9-7-19/h4-5,10,13H,3,6-9,11,20H2,1-2H3/t13-/m0/s1. The molecule has 138 valence electrons. The van der Waals surface area contributed by atoms with Gasteiger partial charge in [0.05, 0.1) is 17.6 Å². The van der Waals surface area contributed by atoms with E-state index >= 15 is 0 Å². The van der Waals surface area contributed by atoms with Gasteiger partial charge in [-0.1, -0.05) is 0 Å². The van der Waals surface area contributed by atoms with Crippen molar-refractivity contribution in [2.24, 2.45) is 12.8 Å². The summed E-state index contributed by atoms with van der Waals surface area (Å²) < 4.78 is 6.91. The van der Waals surface area contributed by atoms with E-state index in [1.54, 1.807) is 6.92 Å². The maximum Gasteiger partial charge on any atom is 0.323 e. The molecule has 1 aromatic heterocycles. The molecule has 0 aliphatic heterocycles. The second-order valence-electron chi connectivity index (χ2n) is 5.69. The first kappa shape index (κ1) is 19.8. The molecule has 2 rings (SSSR count). The Hall–Kier alpha value is -1.50. The number of carbonyl (C=O) groups excluding carboxylic acids is 1. The SMILES string of the molecule is CCOC(=O)[C@@H](N)Cc1nc2cc(N(CCCl)CCCl)ccc2n1C. The van der Waals surface area contributed by atoms with E-state index in [-0.39, 0.29) is 0 Å². The van der Waals surface area contributed by atoms with Gasteiger partial charge in [0.1, 0.15) is 11.9 Å². The molecule has 2 N–H and O–H groups in total. The fourth-order valence-electron chi connectivity index (χ4n) is 2.72. The van der Waals surface area contributed by atoms with Crippen LogP contribution in [0.25, 0.3) is 11.0 Å². The van der Waals surface area contributed by atoms with Crippen LogP contribution in [-0.2, 0) is 23.0 Å². The number of carbonyl (C=O) groups is 1. The van der Waals surface area contributed by atoms with Gasteiger partial charge in [-0.25, -0.2) is 4.98 Å². The Morgan fingerprint density at radius 2 is 2.04 bits per heavy atom. The zero-order valence-electron chi connectivity index (χ0n) is 14.5. The number of aryl methyl sites for hydroxylation is 1. The maximum atomic E-state index is 11.7. The quantitative estimate of drug-likeness (QED) is 0.528. The molecule has 6 nitrogen and oxygen atoms in total. The van der Waals surface area contributed by atoms with Crippen LogP contribution >= 0.6 is 23.2 Å². The van der Waals surface area contributed by atoms with E-state index in [1.165, 1.54) is 0 Å². The Morgan fingerprint density at radius 1 is 1.36 bits per heavy atom. The molecule has 0 saturated carbocycles. The minimum absolute atomic E-state index is 0.315. The van der Waals surface area contributed by atoms with Crippen LogP contribution in [0.5, 0.6) is 0 Å². The van der Waals surface area contributed by atoms with Crippen molar-refractivity contribution < 1.29 is 9.53 Å². The van der Waals surface area contributed by atoms with E-state index < -0.39 is 12.0 Å². The summed E-state index contributed by atoms with van der Waals surface area (Å²) in [5, 5.41) is 0. The molecule has 0 amide bonds. The summed E-state index contributed by atoms with van der Waals surface area (Å²) in [6.45, 7) is 3.50. The van der Waals surface area contributed by atoms with Crippen molar-refractivity contribution in [2.75, 3.05) is 36.4 Å². The molecule has 2 aromatic rings. The van der Waals surface area contributed by atoms with Gasteiger partial charge in [0.25, 0.3) is 0 Å². The van der Waals surface area contributed by atoms with Gasteiger partial charge >= 0.3 is 5.97 Å². The lowest BCUT2D eigenvalue weighted by molar-refractivity contribution is -0.144. The number of aromatic nitrogens is 2. The summed E-state index contributed by atoms with van der Waals surface area (Å²) in [5.74, 6) is 1.38. The number of rotatable bonds is 9. The Labute approximate surface area is 157 Å². The number of imidazole rings is 1. The van der Waals surface area contributed by atoms with Crippen molar-refractivity contribution in [1.29, 1.82) is 0 Å². The van der Waals surface area contributed by atoms with Crippen molar-refractivity contribution in [1.82, 2.24) is 9.55 Å². The topological polar surface area (TPSA) is 73.4 Å². The molecule has 1 aromatic carbocycles. The Bertz CT molecular complexity index is 714.